The lowest BCUT2D eigenvalue weighted by molar-refractivity contribution is -0.141. The van der Waals surface area contributed by atoms with Crippen molar-refractivity contribution in [2.24, 2.45) is 5.73 Å². The van der Waals surface area contributed by atoms with Crippen molar-refractivity contribution in [3.63, 3.8) is 0 Å². The second-order valence-corrected chi connectivity index (χ2v) is 3.00. The minimum Gasteiger partial charge on any atom is -0.478 e. The zero-order chi connectivity index (χ0) is 13.1. The lowest BCUT2D eigenvalue weighted by atomic mass is 10.3. The van der Waals surface area contributed by atoms with Crippen molar-refractivity contribution >= 4 is 11.7 Å². The number of aromatic nitrogens is 1. The minimum absolute atomic E-state index is 0.122. The van der Waals surface area contributed by atoms with Crippen LogP contribution in [0, 0.1) is 0 Å². The van der Waals surface area contributed by atoms with Crippen molar-refractivity contribution in [3.8, 4) is 5.88 Å². The number of carbonyl (C=O) groups excluding carboxylic acids is 1. The maximum absolute atomic E-state index is 12.5. The lowest BCUT2D eigenvalue weighted by Crippen LogP contribution is -2.20. The van der Waals surface area contributed by atoms with Gasteiger partial charge < -0.3 is 15.8 Å². The maximum Gasteiger partial charge on any atom is 0.433 e. The Bertz CT molecular complexity index is 420. The third kappa shape index (κ3) is 3.82. The highest BCUT2D eigenvalue weighted by Crippen LogP contribution is 2.31. The Kier molecular flexibility index (Phi) is 3.77. The molecule has 0 atom stereocenters. The Labute approximate surface area is 94.8 Å². The van der Waals surface area contributed by atoms with Crippen LogP contribution in [-0.4, -0.2) is 17.6 Å². The predicted octanol–water partition coefficient (Wildman–Crippen LogP) is 1.99. The Hall–Kier alpha value is -1.99. The standard InChI is InChI=1S/C9H10F3N3O2/c1-2-17-7-4-5(14-8(13)16)3-6(15-7)9(10,11)12/h3-4H,2H2,1H3,(H3,13,14,15,16). The van der Waals surface area contributed by atoms with Gasteiger partial charge in [-0.2, -0.15) is 13.2 Å². The van der Waals surface area contributed by atoms with E-state index in [9.17, 15) is 18.0 Å². The number of urea groups is 1. The molecular formula is C9H10F3N3O2. The molecule has 0 spiro atoms. The molecule has 0 aliphatic rings. The number of halogens is 3. The van der Waals surface area contributed by atoms with Gasteiger partial charge in [0.2, 0.25) is 5.88 Å². The fraction of sp³-hybridized carbons (Fsp3) is 0.333. The molecule has 2 amide bonds. The van der Waals surface area contributed by atoms with Crippen molar-refractivity contribution in [1.82, 2.24) is 4.98 Å². The van der Waals surface area contributed by atoms with E-state index in [-0.39, 0.29) is 18.2 Å². The van der Waals surface area contributed by atoms with Crippen LogP contribution in [0.3, 0.4) is 0 Å². The molecule has 0 bridgehead atoms. The molecule has 0 saturated heterocycles. The molecule has 5 nitrogen and oxygen atoms in total. The molecule has 0 unspecified atom stereocenters. The van der Waals surface area contributed by atoms with Crippen molar-refractivity contribution in [3.05, 3.63) is 17.8 Å². The fourth-order valence-electron chi connectivity index (χ4n) is 1.09. The zero-order valence-electron chi connectivity index (χ0n) is 8.84. The number of rotatable bonds is 3. The van der Waals surface area contributed by atoms with Gasteiger partial charge in [0.25, 0.3) is 0 Å². The van der Waals surface area contributed by atoms with Gasteiger partial charge in [0.05, 0.1) is 6.61 Å². The number of pyridine rings is 1. The lowest BCUT2D eigenvalue weighted by Gasteiger charge is -2.11. The summed E-state index contributed by atoms with van der Waals surface area (Å²) in [5, 5.41) is 2.03. The summed E-state index contributed by atoms with van der Waals surface area (Å²) >= 11 is 0. The van der Waals surface area contributed by atoms with E-state index in [0.29, 0.717) is 6.07 Å². The average Bonchev–Trinajstić information content (AvgIpc) is 2.15. The van der Waals surface area contributed by atoms with Gasteiger partial charge in [-0.3, -0.25) is 0 Å². The maximum atomic E-state index is 12.5. The van der Waals surface area contributed by atoms with Gasteiger partial charge in [0, 0.05) is 11.8 Å². The molecule has 0 aliphatic heterocycles. The fourth-order valence-corrected chi connectivity index (χ4v) is 1.09. The summed E-state index contributed by atoms with van der Waals surface area (Å²) in [6, 6.07) is 0.864. The summed E-state index contributed by atoms with van der Waals surface area (Å²) in [5.74, 6) is -0.230. The SMILES string of the molecule is CCOc1cc(NC(N)=O)cc(C(F)(F)F)n1. The number of anilines is 1. The normalized spacial score (nSPS) is 11.1. The van der Waals surface area contributed by atoms with Crippen LogP contribution in [0.2, 0.25) is 0 Å². The van der Waals surface area contributed by atoms with Gasteiger partial charge in [-0.25, -0.2) is 9.78 Å². The van der Waals surface area contributed by atoms with Crippen LogP contribution in [0.4, 0.5) is 23.7 Å². The number of nitrogens with zero attached hydrogens (tertiary/aromatic N) is 1. The summed E-state index contributed by atoms with van der Waals surface area (Å²) in [5.41, 5.74) is 3.53. The number of nitrogens with one attached hydrogen (secondary N) is 1. The van der Waals surface area contributed by atoms with Crippen molar-refractivity contribution in [2.45, 2.75) is 13.1 Å². The number of hydrogen-bond acceptors (Lipinski definition) is 3. The highest BCUT2D eigenvalue weighted by Gasteiger charge is 2.33. The van der Waals surface area contributed by atoms with Crippen LogP contribution in [-0.2, 0) is 6.18 Å². The first-order valence-corrected chi connectivity index (χ1v) is 4.61. The first-order valence-electron chi connectivity index (χ1n) is 4.61. The van der Waals surface area contributed by atoms with E-state index in [2.05, 4.69) is 4.98 Å². The van der Waals surface area contributed by atoms with Crippen LogP contribution in [0.1, 0.15) is 12.6 Å². The summed E-state index contributed by atoms with van der Waals surface area (Å²) in [6.07, 6.45) is -4.62. The van der Waals surface area contributed by atoms with E-state index in [1.807, 2.05) is 5.32 Å². The number of ether oxygens (including phenoxy) is 1. The molecule has 1 aromatic heterocycles. The van der Waals surface area contributed by atoms with E-state index >= 15 is 0 Å². The van der Waals surface area contributed by atoms with Crippen LogP contribution in [0.15, 0.2) is 12.1 Å². The van der Waals surface area contributed by atoms with Crippen LogP contribution in [0.25, 0.3) is 0 Å². The predicted molar refractivity (Wildman–Crippen MR) is 53.6 cm³/mol. The quantitative estimate of drug-likeness (QED) is 0.859. The van der Waals surface area contributed by atoms with E-state index in [4.69, 9.17) is 10.5 Å². The van der Waals surface area contributed by atoms with E-state index in [0.717, 1.165) is 6.07 Å². The third-order valence-electron chi connectivity index (χ3n) is 1.65. The average molecular weight is 249 g/mol. The van der Waals surface area contributed by atoms with E-state index in [1.165, 1.54) is 0 Å². The molecule has 0 saturated carbocycles. The van der Waals surface area contributed by atoms with Crippen molar-refractivity contribution < 1.29 is 22.7 Å². The minimum atomic E-state index is -4.62. The van der Waals surface area contributed by atoms with Gasteiger partial charge in [-0.1, -0.05) is 0 Å². The number of amides is 2. The van der Waals surface area contributed by atoms with Gasteiger partial charge in [-0.05, 0) is 13.0 Å². The zero-order valence-corrected chi connectivity index (χ0v) is 8.84. The number of alkyl halides is 3. The number of hydrogen-bond donors (Lipinski definition) is 2. The largest absolute Gasteiger partial charge is 0.478 e. The number of primary amides is 1. The molecule has 8 heteroatoms. The molecule has 0 aliphatic carbocycles. The molecule has 94 valence electrons. The topological polar surface area (TPSA) is 77.2 Å². The Morgan fingerprint density at radius 3 is 2.65 bits per heavy atom. The summed E-state index contributed by atoms with van der Waals surface area (Å²) in [7, 11) is 0. The molecule has 1 rings (SSSR count). The molecule has 0 radical (unpaired) electrons. The first-order chi connectivity index (χ1) is 7.82. The first kappa shape index (κ1) is 13.1. The molecule has 0 fully saturated rings. The van der Waals surface area contributed by atoms with Crippen LogP contribution in [0.5, 0.6) is 5.88 Å². The molecule has 1 heterocycles. The number of carbonyl (C=O) groups is 1. The summed E-state index contributed by atoms with van der Waals surface area (Å²) in [4.78, 5) is 13.8. The Balaban J connectivity index is 3.14. The van der Waals surface area contributed by atoms with Crippen molar-refractivity contribution in [1.29, 1.82) is 0 Å². The van der Waals surface area contributed by atoms with E-state index in [1.54, 1.807) is 6.92 Å². The van der Waals surface area contributed by atoms with Crippen LogP contribution >= 0.6 is 0 Å². The monoisotopic (exact) mass is 249 g/mol. The summed E-state index contributed by atoms with van der Waals surface area (Å²) < 4.78 is 42.3. The molecule has 0 aromatic carbocycles. The van der Waals surface area contributed by atoms with Gasteiger partial charge in [0.1, 0.15) is 0 Å². The van der Waals surface area contributed by atoms with Gasteiger partial charge in [-0.15, -0.1) is 0 Å². The van der Waals surface area contributed by atoms with Crippen molar-refractivity contribution in [2.75, 3.05) is 11.9 Å². The third-order valence-corrected chi connectivity index (χ3v) is 1.65. The van der Waals surface area contributed by atoms with E-state index < -0.39 is 17.9 Å². The molecular weight excluding hydrogens is 239 g/mol. The van der Waals surface area contributed by atoms with Gasteiger partial charge >= 0.3 is 12.2 Å². The highest BCUT2D eigenvalue weighted by atomic mass is 19.4. The molecule has 3 N–H and O–H groups in total. The smallest absolute Gasteiger partial charge is 0.433 e. The highest BCUT2D eigenvalue weighted by molar-refractivity contribution is 5.87. The van der Waals surface area contributed by atoms with Gasteiger partial charge in [0.15, 0.2) is 5.69 Å². The Morgan fingerprint density at radius 1 is 1.53 bits per heavy atom. The second kappa shape index (κ2) is 4.89. The Morgan fingerprint density at radius 2 is 2.18 bits per heavy atom. The molecule has 17 heavy (non-hydrogen) atoms. The number of nitrogens with two attached hydrogens (primary N) is 1. The van der Waals surface area contributed by atoms with Crippen LogP contribution < -0.4 is 15.8 Å². The second-order valence-electron chi connectivity index (χ2n) is 3.00. The summed E-state index contributed by atoms with van der Waals surface area (Å²) in [6.45, 7) is 1.76. The molecule has 1 aromatic rings.